The maximum atomic E-state index is 11.6. The Balaban J connectivity index is 2.16. The van der Waals surface area contributed by atoms with Gasteiger partial charge >= 0.3 is 19.1 Å². The van der Waals surface area contributed by atoms with Gasteiger partial charge in [0, 0.05) is 0 Å². The lowest BCUT2D eigenvalue weighted by Gasteiger charge is -2.26. The minimum atomic E-state index is -2.01. The minimum absolute atomic E-state index is 0.133. The summed E-state index contributed by atoms with van der Waals surface area (Å²) in [5.41, 5.74) is 0. The highest BCUT2D eigenvalue weighted by Gasteiger charge is 2.59. The number of thioether (sulfide) groups is 1. The number of carbonyl (C=O) groups excluding carboxylic acids is 2. The first-order valence-electron chi connectivity index (χ1n) is 6.21. The molecule has 0 aromatic rings. The quantitative estimate of drug-likeness (QED) is 0.380. The minimum Gasteiger partial charge on any atom is -0.497 e. The lowest BCUT2D eigenvalue weighted by atomic mass is 9.78. The number of hydrogen-bond acceptors (Lipinski definition) is 10. The third-order valence-electron chi connectivity index (χ3n) is 3.25. The predicted octanol–water partition coefficient (Wildman–Crippen LogP) is -3.44. The van der Waals surface area contributed by atoms with Crippen molar-refractivity contribution in [2.45, 2.75) is 22.3 Å². The van der Waals surface area contributed by atoms with Gasteiger partial charge in [-0.05, 0) is 7.05 Å². The summed E-state index contributed by atoms with van der Waals surface area (Å²) in [4.78, 5) is 22.6. The summed E-state index contributed by atoms with van der Waals surface area (Å²) in [5, 5.41) is 37.6. The molecule has 0 saturated carbocycles. The SMILES string of the molecule is CN1CC(=O)OB([C@@H]2SC(O)(CO)[C@@H](O)[C@H]2O)OC(=O)C1. The van der Waals surface area contributed by atoms with Crippen molar-refractivity contribution in [3.63, 3.8) is 0 Å². The Bertz CT molecular complexity index is 419. The van der Waals surface area contributed by atoms with Gasteiger partial charge in [0.1, 0.15) is 6.10 Å². The molecule has 2 aliphatic rings. The number of carbonyl (C=O) groups is 2. The average Bonchev–Trinajstić information content (AvgIpc) is 2.61. The van der Waals surface area contributed by atoms with E-state index >= 15 is 0 Å². The van der Waals surface area contributed by atoms with Crippen LogP contribution in [0.2, 0.25) is 0 Å². The molecule has 0 aliphatic carbocycles. The molecule has 2 saturated heterocycles. The molecular formula is C10H16BNO8S. The van der Waals surface area contributed by atoms with Crippen LogP contribution in [0.15, 0.2) is 0 Å². The normalized spacial score (nSPS) is 38.7. The van der Waals surface area contributed by atoms with E-state index in [0.29, 0.717) is 11.8 Å². The highest BCUT2D eigenvalue weighted by molar-refractivity contribution is 8.02. The molecule has 0 radical (unpaired) electrons. The monoisotopic (exact) mass is 321 g/mol. The molecule has 2 aliphatic heterocycles. The smallest absolute Gasteiger partial charge is 0.497 e. The molecule has 0 aromatic heterocycles. The van der Waals surface area contributed by atoms with Crippen molar-refractivity contribution in [3.05, 3.63) is 0 Å². The molecule has 0 amide bonds. The fourth-order valence-electron chi connectivity index (χ4n) is 2.16. The van der Waals surface area contributed by atoms with Crippen molar-refractivity contribution in [2.24, 2.45) is 0 Å². The van der Waals surface area contributed by atoms with Crippen LogP contribution < -0.4 is 0 Å². The Morgan fingerprint density at radius 2 is 1.86 bits per heavy atom. The van der Waals surface area contributed by atoms with Crippen molar-refractivity contribution in [1.29, 1.82) is 0 Å². The maximum absolute atomic E-state index is 11.6. The zero-order valence-electron chi connectivity index (χ0n) is 11.2. The van der Waals surface area contributed by atoms with Gasteiger partial charge in [0.05, 0.1) is 30.9 Å². The second-order valence-corrected chi connectivity index (χ2v) is 6.53. The van der Waals surface area contributed by atoms with E-state index in [1.54, 1.807) is 0 Å². The highest BCUT2D eigenvalue weighted by atomic mass is 32.2. The van der Waals surface area contributed by atoms with E-state index in [2.05, 4.69) is 0 Å². The van der Waals surface area contributed by atoms with Gasteiger partial charge < -0.3 is 29.7 Å². The summed E-state index contributed by atoms with van der Waals surface area (Å²) in [5.74, 6) is -1.34. The van der Waals surface area contributed by atoms with Gasteiger partial charge in [-0.3, -0.25) is 14.5 Å². The van der Waals surface area contributed by atoms with Crippen molar-refractivity contribution in [1.82, 2.24) is 4.90 Å². The second-order valence-electron chi connectivity index (χ2n) is 5.04. The standard InChI is InChI=1S/C10H16BNO8S/c1-12-2-5(14)19-11(20-6(15)3-12)9-7(16)8(17)10(18,4-13)21-9/h7-9,13,16-18H,2-4H2,1H3/t7-,8+,9-,10?/m1/s1. The van der Waals surface area contributed by atoms with Crippen LogP contribution in [-0.2, 0) is 18.9 Å². The van der Waals surface area contributed by atoms with E-state index in [1.807, 2.05) is 0 Å². The average molecular weight is 321 g/mol. The Labute approximate surface area is 125 Å². The maximum Gasteiger partial charge on any atom is 0.615 e. The fourth-order valence-corrected chi connectivity index (χ4v) is 3.49. The van der Waals surface area contributed by atoms with Crippen LogP contribution in [0, 0.1) is 0 Å². The third-order valence-corrected chi connectivity index (χ3v) is 4.80. The van der Waals surface area contributed by atoms with Gasteiger partial charge in [-0.1, -0.05) is 0 Å². The first-order valence-corrected chi connectivity index (χ1v) is 7.09. The summed E-state index contributed by atoms with van der Waals surface area (Å²) in [6.07, 6.45) is -3.20. The van der Waals surface area contributed by atoms with Crippen molar-refractivity contribution in [3.8, 4) is 0 Å². The van der Waals surface area contributed by atoms with Crippen LogP contribution in [0.1, 0.15) is 0 Å². The molecule has 2 fully saturated rings. The Morgan fingerprint density at radius 1 is 1.33 bits per heavy atom. The Morgan fingerprint density at radius 3 is 2.29 bits per heavy atom. The number of nitrogens with zero attached hydrogens (tertiary/aromatic N) is 1. The lowest BCUT2D eigenvalue weighted by molar-refractivity contribution is -0.146. The van der Waals surface area contributed by atoms with Crippen LogP contribution in [0.25, 0.3) is 0 Å². The topological polar surface area (TPSA) is 137 Å². The molecule has 4 atom stereocenters. The number of rotatable bonds is 2. The van der Waals surface area contributed by atoms with Crippen LogP contribution >= 0.6 is 11.8 Å². The summed E-state index contributed by atoms with van der Waals surface area (Å²) < 4.78 is 9.93. The van der Waals surface area contributed by atoms with Gasteiger partial charge in [-0.2, -0.15) is 0 Å². The van der Waals surface area contributed by atoms with Gasteiger partial charge in [0.2, 0.25) is 0 Å². The number of aliphatic hydroxyl groups is 4. The number of hydrogen-bond donors (Lipinski definition) is 4. The molecule has 0 aromatic carbocycles. The number of aliphatic hydroxyl groups excluding tert-OH is 3. The summed E-state index contributed by atoms with van der Waals surface area (Å²) in [6, 6.07) is 0. The zero-order valence-corrected chi connectivity index (χ0v) is 12.0. The van der Waals surface area contributed by atoms with Gasteiger partial charge in [-0.25, -0.2) is 0 Å². The third kappa shape index (κ3) is 3.33. The highest BCUT2D eigenvalue weighted by Crippen LogP contribution is 2.43. The van der Waals surface area contributed by atoms with Crippen LogP contribution in [-0.4, -0.2) is 93.4 Å². The zero-order chi connectivity index (χ0) is 15.8. The molecule has 0 spiro atoms. The first kappa shape index (κ1) is 16.5. The largest absolute Gasteiger partial charge is 0.615 e. The number of likely N-dealkylation sites (N-methyl/N-ethyl adjacent to an activating group) is 1. The van der Waals surface area contributed by atoms with Crippen LogP contribution in [0.3, 0.4) is 0 Å². The molecule has 2 rings (SSSR count). The molecule has 118 valence electrons. The summed E-state index contributed by atoms with van der Waals surface area (Å²) >= 11 is 0.594. The van der Waals surface area contributed by atoms with E-state index in [1.165, 1.54) is 11.9 Å². The van der Waals surface area contributed by atoms with Crippen LogP contribution in [0.5, 0.6) is 0 Å². The molecule has 21 heavy (non-hydrogen) atoms. The molecule has 11 heteroatoms. The van der Waals surface area contributed by atoms with Gasteiger partial charge in [0.25, 0.3) is 0 Å². The van der Waals surface area contributed by atoms with Gasteiger partial charge in [0.15, 0.2) is 4.93 Å². The van der Waals surface area contributed by atoms with E-state index in [9.17, 15) is 24.9 Å². The van der Waals surface area contributed by atoms with E-state index < -0.39 is 48.0 Å². The van der Waals surface area contributed by atoms with Crippen LogP contribution in [0.4, 0.5) is 0 Å². The van der Waals surface area contributed by atoms with Crippen molar-refractivity contribution < 1.29 is 39.3 Å². The predicted molar refractivity (Wildman–Crippen MR) is 70.9 cm³/mol. The van der Waals surface area contributed by atoms with E-state index in [-0.39, 0.29) is 13.1 Å². The summed E-state index contributed by atoms with van der Waals surface area (Å²) in [7, 11) is 0.0879. The Hall–Kier alpha value is -0.845. The summed E-state index contributed by atoms with van der Waals surface area (Å²) in [6.45, 7) is -1.08. The van der Waals surface area contributed by atoms with Crippen molar-refractivity contribution in [2.75, 3.05) is 26.7 Å². The van der Waals surface area contributed by atoms with E-state index in [0.717, 1.165) is 0 Å². The lowest BCUT2D eigenvalue weighted by Crippen LogP contribution is -2.50. The molecule has 9 nitrogen and oxygen atoms in total. The van der Waals surface area contributed by atoms with Gasteiger partial charge in [-0.15, -0.1) is 11.8 Å². The fraction of sp³-hybridized carbons (Fsp3) is 0.800. The second kappa shape index (κ2) is 6.11. The molecule has 1 unspecified atom stereocenters. The molecule has 2 heterocycles. The molecule has 4 N–H and O–H groups in total. The Kier molecular flexibility index (Phi) is 4.80. The first-order chi connectivity index (χ1) is 9.76. The van der Waals surface area contributed by atoms with E-state index in [4.69, 9.17) is 14.4 Å². The molecular weight excluding hydrogens is 305 g/mol. The van der Waals surface area contributed by atoms with Crippen molar-refractivity contribution >= 4 is 30.8 Å². The molecule has 0 bridgehead atoms.